The molecule has 0 bridgehead atoms. The lowest BCUT2D eigenvalue weighted by Gasteiger charge is -2.11. The average molecular weight is 316 g/mol. The first kappa shape index (κ1) is 16.2. The highest BCUT2D eigenvalue weighted by Gasteiger charge is 2.11. The second-order valence-electron chi connectivity index (χ2n) is 5.42. The predicted octanol–water partition coefficient (Wildman–Crippen LogP) is 3.10. The van der Waals surface area contributed by atoms with E-state index in [4.69, 9.17) is 0 Å². The van der Waals surface area contributed by atoms with Gasteiger partial charge in [-0.1, -0.05) is 26.0 Å². The smallest absolute Gasteiger partial charge is 0.300 e. The third-order valence-corrected chi connectivity index (χ3v) is 3.96. The molecule has 0 radical (unpaired) electrons. The van der Waals surface area contributed by atoms with Gasteiger partial charge >= 0.3 is 0 Å². The minimum Gasteiger partial charge on any atom is -0.378 e. The minimum absolute atomic E-state index is 0.280. The molecule has 6 heteroatoms. The molecule has 0 saturated carbocycles. The zero-order valence-corrected chi connectivity index (χ0v) is 14.0. The van der Waals surface area contributed by atoms with E-state index in [0.717, 1.165) is 16.9 Å². The monoisotopic (exact) mass is 316 g/mol. The normalized spacial score (nSPS) is 11.1. The van der Waals surface area contributed by atoms with E-state index in [1.807, 2.05) is 62.5 Å². The first-order valence-electron chi connectivity index (χ1n) is 7.03. The van der Waals surface area contributed by atoms with Gasteiger partial charge in [-0.15, -0.1) is 11.3 Å². The van der Waals surface area contributed by atoms with Crippen molar-refractivity contribution >= 4 is 29.1 Å². The van der Waals surface area contributed by atoms with Crippen molar-refractivity contribution in [3.63, 3.8) is 0 Å². The molecule has 0 aliphatic carbocycles. The van der Waals surface area contributed by atoms with Crippen molar-refractivity contribution in [3.8, 4) is 0 Å². The van der Waals surface area contributed by atoms with Crippen LogP contribution in [0.5, 0.6) is 0 Å². The maximum absolute atomic E-state index is 11.9. The van der Waals surface area contributed by atoms with Crippen molar-refractivity contribution < 1.29 is 4.79 Å². The van der Waals surface area contributed by atoms with Crippen molar-refractivity contribution in [2.75, 3.05) is 19.0 Å². The van der Waals surface area contributed by atoms with Crippen molar-refractivity contribution in [2.45, 2.75) is 19.8 Å². The van der Waals surface area contributed by atoms with Crippen LogP contribution < -0.4 is 10.3 Å². The molecular weight excluding hydrogens is 296 g/mol. The number of hydrogen-bond acceptors (Lipinski definition) is 5. The first-order valence-corrected chi connectivity index (χ1v) is 7.91. The summed E-state index contributed by atoms with van der Waals surface area (Å²) in [5, 5.41) is 6.32. The molecule has 1 heterocycles. The summed E-state index contributed by atoms with van der Waals surface area (Å²) in [4.78, 5) is 18.2. The number of thiazole rings is 1. The first-order chi connectivity index (χ1) is 10.5. The third-order valence-electron chi connectivity index (χ3n) is 3.10. The number of hydrazone groups is 1. The van der Waals surface area contributed by atoms with Gasteiger partial charge in [-0.05, 0) is 23.6 Å². The van der Waals surface area contributed by atoms with E-state index in [9.17, 15) is 4.79 Å². The highest BCUT2D eigenvalue weighted by Crippen LogP contribution is 2.17. The molecule has 0 atom stereocenters. The largest absolute Gasteiger partial charge is 0.378 e. The van der Waals surface area contributed by atoms with Crippen LogP contribution in [0, 0.1) is 0 Å². The molecule has 1 N–H and O–H groups in total. The number of rotatable bonds is 5. The van der Waals surface area contributed by atoms with Gasteiger partial charge in [-0.3, -0.25) is 4.79 Å². The lowest BCUT2D eigenvalue weighted by Crippen LogP contribution is -2.17. The van der Waals surface area contributed by atoms with Gasteiger partial charge in [0.2, 0.25) is 0 Å². The Labute approximate surface area is 134 Å². The van der Waals surface area contributed by atoms with Gasteiger partial charge in [-0.2, -0.15) is 5.10 Å². The summed E-state index contributed by atoms with van der Waals surface area (Å²) in [6.07, 6.45) is 1.62. The number of amides is 1. The Balaban J connectivity index is 1.94. The molecular formula is C16H20N4OS. The van der Waals surface area contributed by atoms with Crippen LogP contribution in [0.1, 0.15) is 40.8 Å². The Bertz CT molecular complexity index is 659. The number of hydrogen-bond donors (Lipinski definition) is 1. The lowest BCUT2D eigenvalue weighted by molar-refractivity contribution is 0.0954. The molecule has 0 aliphatic heterocycles. The third kappa shape index (κ3) is 4.14. The molecule has 1 amide bonds. The second kappa shape index (κ2) is 7.17. The second-order valence-corrected chi connectivity index (χ2v) is 6.28. The van der Waals surface area contributed by atoms with E-state index in [1.54, 1.807) is 6.21 Å². The molecule has 2 rings (SSSR count). The minimum atomic E-state index is -0.280. The summed E-state index contributed by atoms with van der Waals surface area (Å²) >= 11 is 1.33. The topological polar surface area (TPSA) is 57.6 Å². The van der Waals surface area contributed by atoms with E-state index in [-0.39, 0.29) is 5.91 Å². The Kier molecular flexibility index (Phi) is 5.27. The summed E-state index contributed by atoms with van der Waals surface area (Å²) in [6.45, 7) is 4.10. The predicted molar refractivity (Wildman–Crippen MR) is 92.0 cm³/mol. The summed E-state index contributed by atoms with van der Waals surface area (Å²) in [5.41, 5.74) is 5.47. The van der Waals surface area contributed by atoms with Crippen molar-refractivity contribution in [1.29, 1.82) is 0 Å². The zero-order chi connectivity index (χ0) is 16.1. The Morgan fingerprint density at radius 1 is 1.32 bits per heavy atom. The molecule has 2 aromatic rings. The van der Waals surface area contributed by atoms with Gasteiger partial charge in [0.1, 0.15) is 0 Å². The Hall–Kier alpha value is -2.21. The van der Waals surface area contributed by atoms with Crippen LogP contribution in [-0.2, 0) is 0 Å². The van der Waals surface area contributed by atoms with Crippen LogP contribution in [0.15, 0.2) is 34.7 Å². The average Bonchev–Trinajstić information content (AvgIpc) is 2.98. The molecule has 1 aromatic carbocycles. The highest BCUT2D eigenvalue weighted by molar-refractivity contribution is 7.11. The maximum atomic E-state index is 11.9. The molecule has 22 heavy (non-hydrogen) atoms. The summed E-state index contributed by atoms with van der Waals surface area (Å²) in [6, 6.07) is 7.90. The van der Waals surface area contributed by atoms with Crippen LogP contribution >= 0.6 is 11.3 Å². The number of benzene rings is 1. The summed E-state index contributed by atoms with van der Waals surface area (Å²) in [7, 11) is 3.98. The molecule has 116 valence electrons. The molecule has 1 aromatic heterocycles. The lowest BCUT2D eigenvalue weighted by atomic mass is 10.2. The molecule has 5 nitrogen and oxygen atoms in total. The van der Waals surface area contributed by atoms with E-state index in [1.165, 1.54) is 11.3 Å². The van der Waals surface area contributed by atoms with Crippen LogP contribution in [0.25, 0.3) is 0 Å². The van der Waals surface area contributed by atoms with Gasteiger partial charge in [0.25, 0.3) is 5.91 Å². The fourth-order valence-corrected chi connectivity index (χ4v) is 2.60. The number of carbonyl (C=O) groups is 1. The molecule has 0 saturated heterocycles. The summed E-state index contributed by atoms with van der Waals surface area (Å²) in [5.74, 6) is 0.0366. The quantitative estimate of drug-likeness (QED) is 0.681. The molecule has 0 fully saturated rings. The van der Waals surface area contributed by atoms with E-state index in [2.05, 4.69) is 15.5 Å². The Morgan fingerprint density at radius 2 is 2.00 bits per heavy atom. The maximum Gasteiger partial charge on any atom is 0.300 e. The Morgan fingerprint density at radius 3 is 2.55 bits per heavy atom. The molecule has 0 unspecified atom stereocenters. The van der Waals surface area contributed by atoms with Crippen molar-refractivity contribution in [3.05, 3.63) is 45.9 Å². The van der Waals surface area contributed by atoms with Crippen molar-refractivity contribution in [2.24, 2.45) is 5.10 Å². The van der Waals surface area contributed by atoms with E-state index >= 15 is 0 Å². The number of carbonyl (C=O) groups excluding carboxylic acids is 1. The van der Waals surface area contributed by atoms with Gasteiger partial charge in [0.05, 0.1) is 11.9 Å². The van der Waals surface area contributed by atoms with Gasteiger partial charge in [0.15, 0.2) is 5.01 Å². The van der Waals surface area contributed by atoms with Gasteiger partial charge in [-0.25, -0.2) is 10.4 Å². The number of nitrogens with zero attached hydrogens (tertiary/aromatic N) is 3. The van der Waals surface area contributed by atoms with Crippen LogP contribution in [0.3, 0.4) is 0 Å². The van der Waals surface area contributed by atoms with E-state index < -0.39 is 0 Å². The van der Waals surface area contributed by atoms with Crippen LogP contribution in [0.4, 0.5) is 5.69 Å². The summed E-state index contributed by atoms with van der Waals surface area (Å²) < 4.78 is 0. The van der Waals surface area contributed by atoms with Gasteiger partial charge in [0, 0.05) is 25.2 Å². The highest BCUT2D eigenvalue weighted by atomic mass is 32.1. The van der Waals surface area contributed by atoms with Crippen LogP contribution in [-0.4, -0.2) is 31.2 Å². The van der Waals surface area contributed by atoms with Crippen LogP contribution in [0.2, 0.25) is 0 Å². The molecule has 0 spiro atoms. The fraction of sp³-hybridized carbons (Fsp3) is 0.312. The van der Waals surface area contributed by atoms with Gasteiger partial charge < -0.3 is 4.90 Å². The van der Waals surface area contributed by atoms with E-state index in [0.29, 0.717) is 10.9 Å². The zero-order valence-electron chi connectivity index (χ0n) is 13.2. The van der Waals surface area contributed by atoms with Crippen molar-refractivity contribution in [1.82, 2.24) is 10.4 Å². The number of nitrogens with one attached hydrogen (secondary N) is 1. The number of aromatic nitrogens is 1. The fourth-order valence-electron chi connectivity index (χ4n) is 1.73. The number of anilines is 1. The molecule has 0 aliphatic rings. The standard InChI is InChI=1S/C16H20N4OS/c1-11(2)14-10-22-16(18-14)15(21)19-17-9-12-5-7-13(8-6-12)20(3)4/h5-11H,1-4H3,(H,19,21)/b17-9+. The SMILES string of the molecule is CC(C)c1csc(C(=O)N/N=C/c2ccc(N(C)C)cc2)n1.